The Kier molecular flexibility index (Phi) is 8.03. The van der Waals surface area contributed by atoms with E-state index in [2.05, 4.69) is 25.1 Å². The fourth-order valence-electron chi connectivity index (χ4n) is 3.52. The molecule has 132 valence electrons. The lowest BCUT2D eigenvalue weighted by atomic mass is 9.80. The minimum atomic E-state index is -0.196. The van der Waals surface area contributed by atoms with E-state index in [0.29, 0.717) is 24.9 Å². The molecule has 0 heterocycles. The van der Waals surface area contributed by atoms with Crippen molar-refractivity contribution >= 4 is 5.97 Å². The minimum absolute atomic E-state index is 0.196. The summed E-state index contributed by atoms with van der Waals surface area (Å²) in [5.41, 5.74) is 1.21. The molecule has 0 aliphatic heterocycles. The van der Waals surface area contributed by atoms with Gasteiger partial charge in [0.15, 0.2) is 0 Å². The van der Waals surface area contributed by atoms with Crippen molar-refractivity contribution in [3.8, 4) is 0 Å². The maximum absolute atomic E-state index is 11.3. The molecule has 1 saturated carbocycles. The first-order valence-electron chi connectivity index (χ1n) is 9.09. The van der Waals surface area contributed by atoms with Crippen LogP contribution in [0.15, 0.2) is 42.5 Å². The highest BCUT2D eigenvalue weighted by Crippen LogP contribution is 2.32. The Bertz CT molecular complexity index is 503. The smallest absolute Gasteiger partial charge is 0.309 e. The highest BCUT2D eigenvalue weighted by atomic mass is 16.5. The van der Waals surface area contributed by atoms with Gasteiger partial charge in [-0.1, -0.05) is 68.7 Å². The van der Waals surface area contributed by atoms with Crippen molar-refractivity contribution in [2.24, 2.45) is 11.8 Å². The number of rotatable bonds is 8. The number of carbonyl (C=O) groups is 1. The Balaban J connectivity index is 1.97. The molecule has 2 atom stereocenters. The van der Waals surface area contributed by atoms with Crippen molar-refractivity contribution in [3.63, 3.8) is 0 Å². The zero-order valence-corrected chi connectivity index (χ0v) is 14.9. The third-order valence-corrected chi connectivity index (χ3v) is 4.87. The van der Waals surface area contributed by atoms with Crippen LogP contribution in [0.1, 0.15) is 51.0 Å². The molecule has 1 fully saturated rings. The largest absolute Gasteiger partial charge is 0.469 e. The molecule has 0 bridgehead atoms. The van der Waals surface area contributed by atoms with Crippen LogP contribution in [-0.4, -0.2) is 19.2 Å². The molecule has 1 aliphatic rings. The molecule has 24 heavy (non-hydrogen) atoms. The summed E-state index contributed by atoms with van der Waals surface area (Å²) >= 11 is 0. The molecule has 0 N–H and O–H groups in total. The Morgan fingerprint density at radius 1 is 1.21 bits per heavy atom. The standard InChI is InChI=1S/C21H30O3/c1-17(10-9-15-20(22)23-2)21(19-13-7-4-8-14-19)24-16-18-11-5-3-6-12-18/h3,5-6,9-12,17,19,21H,4,7-8,13-16H2,1-2H3/b10-9+/t17-,21+/m1/s1. The van der Waals surface area contributed by atoms with Crippen LogP contribution in [0.3, 0.4) is 0 Å². The van der Waals surface area contributed by atoms with E-state index in [4.69, 9.17) is 9.47 Å². The molecule has 1 aliphatic carbocycles. The zero-order chi connectivity index (χ0) is 17.2. The fraction of sp³-hybridized carbons (Fsp3) is 0.571. The normalized spacial score (nSPS) is 18.4. The van der Waals surface area contributed by atoms with Gasteiger partial charge >= 0.3 is 5.97 Å². The van der Waals surface area contributed by atoms with E-state index in [-0.39, 0.29) is 12.1 Å². The minimum Gasteiger partial charge on any atom is -0.469 e. The third-order valence-electron chi connectivity index (χ3n) is 4.87. The van der Waals surface area contributed by atoms with Crippen LogP contribution in [0.2, 0.25) is 0 Å². The van der Waals surface area contributed by atoms with E-state index in [9.17, 15) is 4.79 Å². The predicted octanol–water partition coefficient (Wildman–Crippen LogP) is 4.91. The van der Waals surface area contributed by atoms with Gasteiger partial charge in [0.1, 0.15) is 0 Å². The molecule has 0 saturated heterocycles. The lowest BCUT2D eigenvalue weighted by Gasteiger charge is -2.33. The van der Waals surface area contributed by atoms with Crippen molar-refractivity contribution in [1.29, 1.82) is 0 Å². The summed E-state index contributed by atoms with van der Waals surface area (Å²) in [5.74, 6) is 0.708. The van der Waals surface area contributed by atoms with Crippen LogP contribution in [0.5, 0.6) is 0 Å². The van der Waals surface area contributed by atoms with E-state index in [1.807, 2.05) is 24.3 Å². The summed E-state index contributed by atoms with van der Waals surface area (Å²) < 4.78 is 11.0. The second-order valence-corrected chi connectivity index (χ2v) is 6.73. The van der Waals surface area contributed by atoms with Gasteiger partial charge in [0.25, 0.3) is 0 Å². The van der Waals surface area contributed by atoms with Crippen molar-refractivity contribution < 1.29 is 14.3 Å². The van der Waals surface area contributed by atoms with Gasteiger partial charge in [-0.3, -0.25) is 4.79 Å². The number of ether oxygens (including phenoxy) is 2. The van der Waals surface area contributed by atoms with Gasteiger partial charge in [0.2, 0.25) is 0 Å². The van der Waals surface area contributed by atoms with Crippen molar-refractivity contribution in [1.82, 2.24) is 0 Å². The topological polar surface area (TPSA) is 35.5 Å². The second kappa shape index (κ2) is 10.3. The van der Waals surface area contributed by atoms with Crippen LogP contribution >= 0.6 is 0 Å². The number of carbonyl (C=O) groups excluding carboxylic acids is 1. The number of benzene rings is 1. The Hall–Kier alpha value is -1.61. The van der Waals surface area contributed by atoms with E-state index < -0.39 is 0 Å². The molecule has 1 aromatic carbocycles. The van der Waals surface area contributed by atoms with Crippen LogP contribution in [0.25, 0.3) is 0 Å². The molecular weight excluding hydrogens is 300 g/mol. The van der Waals surface area contributed by atoms with Gasteiger partial charge in [-0.15, -0.1) is 0 Å². The maximum Gasteiger partial charge on any atom is 0.309 e. The first-order valence-corrected chi connectivity index (χ1v) is 9.09. The maximum atomic E-state index is 11.3. The van der Waals surface area contributed by atoms with Gasteiger partial charge in [-0.25, -0.2) is 0 Å². The highest BCUT2D eigenvalue weighted by molar-refractivity contribution is 5.70. The van der Waals surface area contributed by atoms with Crippen LogP contribution < -0.4 is 0 Å². The second-order valence-electron chi connectivity index (χ2n) is 6.73. The predicted molar refractivity (Wildman–Crippen MR) is 96.5 cm³/mol. The van der Waals surface area contributed by atoms with Gasteiger partial charge in [-0.05, 0) is 24.3 Å². The Morgan fingerprint density at radius 3 is 2.58 bits per heavy atom. The molecule has 0 radical (unpaired) electrons. The average molecular weight is 330 g/mol. The first-order chi connectivity index (χ1) is 11.7. The molecule has 3 nitrogen and oxygen atoms in total. The number of hydrogen-bond acceptors (Lipinski definition) is 3. The number of methoxy groups -OCH3 is 1. The molecular formula is C21H30O3. The summed E-state index contributed by atoms with van der Waals surface area (Å²) in [6, 6.07) is 10.3. The van der Waals surface area contributed by atoms with Crippen molar-refractivity contribution in [2.45, 2.75) is 58.2 Å². The van der Waals surface area contributed by atoms with Crippen molar-refractivity contribution in [3.05, 3.63) is 48.0 Å². The van der Waals surface area contributed by atoms with Crippen LogP contribution in [0, 0.1) is 11.8 Å². The van der Waals surface area contributed by atoms with E-state index >= 15 is 0 Å². The summed E-state index contributed by atoms with van der Waals surface area (Å²) in [4.78, 5) is 11.3. The van der Waals surface area contributed by atoms with Gasteiger partial charge in [0, 0.05) is 5.92 Å². The molecule has 1 aromatic rings. The molecule has 3 heteroatoms. The van der Waals surface area contributed by atoms with Crippen LogP contribution in [-0.2, 0) is 20.9 Å². The van der Waals surface area contributed by atoms with Gasteiger partial charge in [0.05, 0.1) is 26.2 Å². The van der Waals surface area contributed by atoms with E-state index in [1.54, 1.807) is 0 Å². The number of esters is 1. The number of hydrogen-bond donors (Lipinski definition) is 0. The summed E-state index contributed by atoms with van der Waals surface area (Å²) in [6.45, 7) is 2.84. The fourth-order valence-corrected chi connectivity index (χ4v) is 3.52. The molecule has 2 rings (SSSR count). The first kappa shape index (κ1) is 18.7. The summed E-state index contributed by atoms with van der Waals surface area (Å²) in [6.07, 6.45) is 11.0. The lowest BCUT2D eigenvalue weighted by molar-refractivity contribution is -0.139. The van der Waals surface area contributed by atoms with Crippen molar-refractivity contribution in [2.75, 3.05) is 7.11 Å². The quantitative estimate of drug-likeness (QED) is 0.502. The Morgan fingerprint density at radius 2 is 1.92 bits per heavy atom. The molecule has 0 spiro atoms. The molecule has 0 unspecified atom stereocenters. The van der Waals surface area contributed by atoms with Gasteiger partial charge in [-0.2, -0.15) is 0 Å². The van der Waals surface area contributed by atoms with E-state index in [0.717, 1.165) is 0 Å². The molecule has 0 amide bonds. The average Bonchev–Trinajstić information content (AvgIpc) is 2.63. The highest BCUT2D eigenvalue weighted by Gasteiger charge is 2.27. The Labute approximate surface area is 146 Å². The summed E-state index contributed by atoms with van der Waals surface area (Å²) in [7, 11) is 1.42. The molecule has 0 aromatic heterocycles. The zero-order valence-electron chi connectivity index (χ0n) is 14.9. The van der Waals surface area contributed by atoms with Crippen LogP contribution in [0.4, 0.5) is 0 Å². The third kappa shape index (κ3) is 6.12. The monoisotopic (exact) mass is 330 g/mol. The summed E-state index contributed by atoms with van der Waals surface area (Å²) in [5, 5.41) is 0. The van der Waals surface area contributed by atoms with Gasteiger partial charge < -0.3 is 9.47 Å². The SMILES string of the molecule is COC(=O)C/C=C/[C@@H](C)[C@H](OCc1ccccc1)C1CCCCC1. The lowest BCUT2D eigenvalue weighted by Crippen LogP contribution is -2.31. The van der Waals surface area contributed by atoms with E-state index in [1.165, 1.54) is 44.8 Å².